The number of pyridine rings is 2. The summed E-state index contributed by atoms with van der Waals surface area (Å²) in [6.45, 7) is 6.72. The van der Waals surface area contributed by atoms with Crippen LogP contribution < -0.4 is 15.2 Å². The van der Waals surface area contributed by atoms with Gasteiger partial charge in [-0.2, -0.15) is 0 Å². The lowest BCUT2D eigenvalue weighted by Gasteiger charge is -2.19. The molecule has 0 saturated heterocycles. The highest BCUT2D eigenvalue weighted by molar-refractivity contribution is 5.97. The Morgan fingerprint density at radius 1 is 0.854 bits per heavy atom. The third-order valence-electron chi connectivity index (χ3n) is 7.96. The number of nitrogens with two attached hydrogens (primary N) is 1. The van der Waals surface area contributed by atoms with Crippen LogP contribution >= 0.6 is 12.4 Å². The van der Waals surface area contributed by atoms with Crippen LogP contribution in [0.15, 0.2) is 48.3 Å². The van der Waals surface area contributed by atoms with Crippen LogP contribution in [0.4, 0.5) is 8.78 Å². The predicted octanol–water partition coefficient (Wildman–Crippen LogP) is 5.37. The third-order valence-corrected chi connectivity index (χ3v) is 7.96. The largest absolute Gasteiger partial charge is 0.488 e. The third kappa shape index (κ3) is 9.50. The molecule has 260 valence electrons. The highest BCUT2D eigenvalue weighted by Gasteiger charge is 2.40. The van der Waals surface area contributed by atoms with Crippen molar-refractivity contribution >= 4 is 30.2 Å². The van der Waals surface area contributed by atoms with Gasteiger partial charge in [-0.25, -0.2) is 18.7 Å². The number of carbonyl (C=O) groups excluding carboxylic acids is 3. The molecule has 0 bridgehead atoms. The highest BCUT2D eigenvalue weighted by Crippen LogP contribution is 2.36. The molecule has 2 fully saturated rings. The van der Waals surface area contributed by atoms with E-state index >= 15 is 0 Å². The molecule has 2 amide bonds. The summed E-state index contributed by atoms with van der Waals surface area (Å²) in [6.07, 6.45) is 8.45. The fourth-order valence-corrected chi connectivity index (χ4v) is 5.21. The van der Waals surface area contributed by atoms with Crippen LogP contribution in [0.5, 0.6) is 11.5 Å². The molecule has 2 aromatic rings. The van der Waals surface area contributed by atoms with Crippen molar-refractivity contribution in [2.45, 2.75) is 90.1 Å². The average molecular weight is 690 g/mol. The number of hydrogen-bond acceptors (Lipinski definition) is 9. The van der Waals surface area contributed by atoms with E-state index in [1.165, 1.54) is 12.4 Å². The highest BCUT2D eigenvalue weighted by atomic mass is 35.5. The number of ether oxygens (including phenoxy) is 3. The van der Waals surface area contributed by atoms with Gasteiger partial charge in [0.05, 0.1) is 25.1 Å². The second kappa shape index (κ2) is 15.9. The molecule has 2 N–H and O–H groups in total. The lowest BCUT2D eigenvalue weighted by atomic mass is 10.1. The number of nitrogens with zero attached hydrogens (tertiary/aromatic N) is 4. The molecule has 0 spiro atoms. The van der Waals surface area contributed by atoms with Gasteiger partial charge in [0.2, 0.25) is 0 Å². The first-order valence-electron chi connectivity index (χ1n) is 15.8. The Hall–Kier alpha value is -4.10. The van der Waals surface area contributed by atoms with E-state index < -0.39 is 5.60 Å². The van der Waals surface area contributed by atoms with Gasteiger partial charge in [0.25, 0.3) is 11.8 Å². The average Bonchev–Trinajstić information content (AvgIpc) is 3.98. The Kier molecular flexibility index (Phi) is 12.1. The first-order valence-corrected chi connectivity index (χ1v) is 15.8. The van der Waals surface area contributed by atoms with Gasteiger partial charge in [-0.15, -0.1) is 12.4 Å². The number of esters is 1. The maximum absolute atomic E-state index is 13.1. The number of hydrogen-bond donors (Lipinski definition) is 1. The topological polar surface area (TPSA) is 137 Å². The van der Waals surface area contributed by atoms with Crippen LogP contribution in [0, 0.1) is 0 Å². The van der Waals surface area contributed by atoms with Gasteiger partial charge in [0.1, 0.15) is 41.7 Å². The van der Waals surface area contributed by atoms with E-state index in [-0.39, 0.29) is 62.8 Å². The van der Waals surface area contributed by atoms with Crippen LogP contribution in [0.3, 0.4) is 0 Å². The molecule has 48 heavy (non-hydrogen) atoms. The molecular weight excluding hydrogens is 648 g/mol. The Bertz CT molecular complexity index is 1570. The molecule has 2 aliphatic carbocycles. The summed E-state index contributed by atoms with van der Waals surface area (Å²) in [4.78, 5) is 48.2. The number of halogens is 3. The Labute approximate surface area is 284 Å². The minimum atomic E-state index is -0.560. The fraction of sp³-hybridized carbons (Fsp3) is 0.500. The van der Waals surface area contributed by atoms with Crippen molar-refractivity contribution in [3.63, 3.8) is 0 Å². The molecule has 2 saturated carbocycles. The zero-order valence-corrected chi connectivity index (χ0v) is 28.2. The van der Waals surface area contributed by atoms with E-state index in [4.69, 9.17) is 19.9 Å². The molecule has 6 rings (SSSR count). The van der Waals surface area contributed by atoms with Crippen LogP contribution in [-0.2, 0) is 22.6 Å². The predicted molar refractivity (Wildman–Crippen MR) is 175 cm³/mol. The molecule has 0 atom stereocenters. The second-order valence-electron chi connectivity index (χ2n) is 13.1. The molecule has 4 aliphatic rings. The number of fused-ring (bicyclic) bond motifs is 2. The first kappa shape index (κ1) is 36.7. The van der Waals surface area contributed by atoms with Gasteiger partial charge in [-0.1, -0.05) is 0 Å². The summed E-state index contributed by atoms with van der Waals surface area (Å²) in [5.74, 6) is 0.610. The summed E-state index contributed by atoms with van der Waals surface area (Å²) >= 11 is 0. The number of carbonyl (C=O) groups is 3. The minimum Gasteiger partial charge on any atom is -0.488 e. The smallest absolute Gasteiger partial charge is 0.306 e. The molecule has 0 radical (unpaired) electrons. The summed E-state index contributed by atoms with van der Waals surface area (Å²) in [6, 6.07) is 4.30. The van der Waals surface area contributed by atoms with Gasteiger partial charge in [-0.05, 0) is 70.6 Å². The van der Waals surface area contributed by atoms with Crippen molar-refractivity contribution < 1.29 is 37.4 Å². The van der Waals surface area contributed by atoms with Crippen LogP contribution in [-0.4, -0.2) is 75.0 Å². The first-order chi connectivity index (χ1) is 22.5. The number of amides is 2. The lowest BCUT2D eigenvalue weighted by molar-refractivity contribution is -0.154. The Morgan fingerprint density at radius 3 is 1.71 bits per heavy atom. The molecule has 2 aliphatic heterocycles. The van der Waals surface area contributed by atoms with Gasteiger partial charge in [0, 0.05) is 54.8 Å². The Balaban J connectivity index is 0.000000221. The van der Waals surface area contributed by atoms with Crippen LogP contribution in [0.1, 0.15) is 91.4 Å². The molecule has 0 aromatic carbocycles. The normalized spacial score (nSPS) is 17.3. The number of rotatable bonds is 12. The molecule has 14 heteroatoms. The molecule has 4 heterocycles. The van der Waals surface area contributed by atoms with Crippen molar-refractivity contribution in [2.75, 3.05) is 19.8 Å². The zero-order chi connectivity index (χ0) is 33.7. The molecule has 0 unspecified atom stereocenters. The van der Waals surface area contributed by atoms with E-state index in [1.807, 2.05) is 9.80 Å². The summed E-state index contributed by atoms with van der Waals surface area (Å²) in [7, 11) is 0. The molecule has 11 nitrogen and oxygen atoms in total. The van der Waals surface area contributed by atoms with E-state index in [1.54, 1.807) is 32.9 Å². The summed E-state index contributed by atoms with van der Waals surface area (Å²) in [5.41, 5.74) is 8.22. The molecular formula is C34H42ClF2N5O6. The van der Waals surface area contributed by atoms with Gasteiger partial charge >= 0.3 is 5.97 Å². The van der Waals surface area contributed by atoms with Gasteiger partial charge in [-0.3, -0.25) is 14.4 Å². The summed E-state index contributed by atoms with van der Waals surface area (Å²) in [5, 5.41) is 0. The van der Waals surface area contributed by atoms with E-state index in [0.29, 0.717) is 71.9 Å². The van der Waals surface area contributed by atoms with Crippen molar-refractivity contribution in [1.29, 1.82) is 0 Å². The maximum atomic E-state index is 13.1. The van der Waals surface area contributed by atoms with Crippen molar-refractivity contribution in [1.82, 2.24) is 19.8 Å². The Morgan fingerprint density at radius 2 is 1.31 bits per heavy atom. The monoisotopic (exact) mass is 689 g/mol. The van der Waals surface area contributed by atoms with Gasteiger partial charge in [0.15, 0.2) is 0 Å². The van der Waals surface area contributed by atoms with Gasteiger partial charge < -0.3 is 29.7 Å². The number of aromatic nitrogens is 2. The lowest BCUT2D eigenvalue weighted by Crippen LogP contribution is -2.26. The van der Waals surface area contributed by atoms with Crippen molar-refractivity contribution in [2.24, 2.45) is 5.73 Å². The van der Waals surface area contributed by atoms with E-state index in [9.17, 15) is 23.2 Å². The standard InChI is InChI=1S/C20H25FN2O4.C14H16FN3O2.ClH/c1-20(2,3)27-17(24)7-4-13(9-21)12-26-16-8-14-11-23(15-5-6-15)19(25)18(14)22-10-16;15-4-9(5-16)8-20-12-3-10-7-18(11-1-2-11)14(19)13(10)17-6-12;/h8-10,15H,4-7,11-12H2,1-3H3;3-4,6,11H,1-2,5,7-8,16H2;1H/b13-9+;9-4+;. The maximum Gasteiger partial charge on any atom is 0.306 e. The fourth-order valence-electron chi connectivity index (χ4n) is 5.21. The summed E-state index contributed by atoms with van der Waals surface area (Å²) < 4.78 is 41.8. The van der Waals surface area contributed by atoms with E-state index in [2.05, 4.69) is 9.97 Å². The van der Waals surface area contributed by atoms with Crippen molar-refractivity contribution in [3.8, 4) is 11.5 Å². The van der Waals surface area contributed by atoms with Crippen LogP contribution in [0.25, 0.3) is 0 Å². The zero-order valence-electron chi connectivity index (χ0n) is 27.4. The second-order valence-corrected chi connectivity index (χ2v) is 13.1. The molecule has 2 aromatic heterocycles. The quantitative estimate of drug-likeness (QED) is 0.292. The minimum absolute atomic E-state index is 0. The van der Waals surface area contributed by atoms with Crippen LogP contribution in [0.2, 0.25) is 0 Å². The van der Waals surface area contributed by atoms with E-state index in [0.717, 1.165) is 36.8 Å². The van der Waals surface area contributed by atoms with Crippen molar-refractivity contribution in [3.05, 3.63) is 70.8 Å². The SMILES string of the molecule is CC(C)(C)OC(=O)CC/C(=C\F)COc1cnc2c(c1)CN(C1CC1)C2=O.Cl.NC/C(=C\F)COc1cnc2c(c1)CN(C1CC1)C2=O.